The van der Waals surface area contributed by atoms with Gasteiger partial charge in [-0.1, -0.05) is 6.92 Å². The van der Waals surface area contributed by atoms with Crippen LogP contribution in [0.5, 0.6) is 0 Å². The molecule has 0 radical (unpaired) electrons. The van der Waals surface area contributed by atoms with Gasteiger partial charge in [-0.05, 0) is 20.3 Å². The first-order valence-electron chi connectivity index (χ1n) is 5.22. The topological polar surface area (TPSA) is 72.9 Å². The van der Waals surface area contributed by atoms with Crippen molar-refractivity contribution in [1.82, 2.24) is 15.1 Å². The van der Waals surface area contributed by atoms with Crippen LogP contribution in [0.15, 0.2) is 6.20 Å². The normalized spacial score (nSPS) is 12.5. The minimum atomic E-state index is -0.151. The molecule has 5 nitrogen and oxygen atoms in total. The molecule has 15 heavy (non-hydrogen) atoms. The summed E-state index contributed by atoms with van der Waals surface area (Å²) in [6.45, 7) is 6.63. The standard InChI is InChI=1S/C10H18N4O/c1-4-7(3)12-10(15)8-6-14(5-2)13-9(8)11/h6-7H,4-5H2,1-3H3,(H2,11,13)(H,12,15). The maximum Gasteiger partial charge on any atom is 0.256 e. The molecule has 0 aliphatic carbocycles. The zero-order chi connectivity index (χ0) is 11.4. The molecule has 0 aliphatic rings. The third kappa shape index (κ3) is 2.71. The number of hydrogen-bond acceptors (Lipinski definition) is 3. The highest BCUT2D eigenvalue weighted by Gasteiger charge is 2.14. The fraction of sp³-hybridized carbons (Fsp3) is 0.600. The SMILES string of the molecule is CCC(C)NC(=O)c1cn(CC)nc1N. The highest BCUT2D eigenvalue weighted by molar-refractivity contribution is 5.98. The fourth-order valence-corrected chi connectivity index (χ4v) is 1.18. The first kappa shape index (κ1) is 11.6. The van der Waals surface area contributed by atoms with E-state index in [0.717, 1.165) is 6.42 Å². The van der Waals surface area contributed by atoms with E-state index in [1.54, 1.807) is 10.9 Å². The summed E-state index contributed by atoms with van der Waals surface area (Å²) in [4.78, 5) is 11.7. The van der Waals surface area contributed by atoms with Crippen molar-refractivity contribution in [2.75, 3.05) is 5.73 Å². The van der Waals surface area contributed by atoms with E-state index in [-0.39, 0.29) is 17.8 Å². The number of carbonyl (C=O) groups is 1. The van der Waals surface area contributed by atoms with E-state index in [4.69, 9.17) is 5.73 Å². The van der Waals surface area contributed by atoms with Gasteiger partial charge in [0.25, 0.3) is 5.91 Å². The number of nitrogens with two attached hydrogens (primary N) is 1. The van der Waals surface area contributed by atoms with Crippen molar-refractivity contribution >= 4 is 11.7 Å². The van der Waals surface area contributed by atoms with Gasteiger partial charge in [-0.2, -0.15) is 5.10 Å². The Morgan fingerprint density at radius 1 is 1.67 bits per heavy atom. The lowest BCUT2D eigenvalue weighted by atomic mass is 10.2. The zero-order valence-electron chi connectivity index (χ0n) is 9.45. The van der Waals surface area contributed by atoms with Gasteiger partial charge in [0, 0.05) is 18.8 Å². The summed E-state index contributed by atoms with van der Waals surface area (Å²) in [5, 5.41) is 6.87. The van der Waals surface area contributed by atoms with Gasteiger partial charge in [0.1, 0.15) is 5.56 Å². The van der Waals surface area contributed by atoms with Crippen molar-refractivity contribution in [3.63, 3.8) is 0 Å². The molecule has 0 aliphatic heterocycles. The summed E-state index contributed by atoms with van der Waals surface area (Å²) in [6, 6.07) is 0.155. The molecule has 1 atom stereocenters. The number of nitrogen functional groups attached to an aromatic ring is 1. The van der Waals surface area contributed by atoms with E-state index in [9.17, 15) is 4.79 Å². The summed E-state index contributed by atoms with van der Waals surface area (Å²) in [5.41, 5.74) is 6.10. The quantitative estimate of drug-likeness (QED) is 0.779. The number of carbonyl (C=O) groups excluding carboxylic acids is 1. The number of nitrogens with zero attached hydrogens (tertiary/aromatic N) is 2. The third-order valence-corrected chi connectivity index (χ3v) is 2.35. The highest BCUT2D eigenvalue weighted by atomic mass is 16.1. The molecule has 1 rings (SSSR count). The van der Waals surface area contributed by atoms with E-state index in [0.29, 0.717) is 12.1 Å². The van der Waals surface area contributed by atoms with Gasteiger partial charge in [-0.25, -0.2) is 0 Å². The van der Waals surface area contributed by atoms with Crippen LogP contribution in [-0.2, 0) is 6.54 Å². The number of nitrogens with one attached hydrogen (secondary N) is 1. The van der Waals surface area contributed by atoms with Crippen LogP contribution in [0.1, 0.15) is 37.6 Å². The van der Waals surface area contributed by atoms with E-state index >= 15 is 0 Å². The second kappa shape index (κ2) is 4.82. The fourth-order valence-electron chi connectivity index (χ4n) is 1.18. The maximum absolute atomic E-state index is 11.7. The maximum atomic E-state index is 11.7. The van der Waals surface area contributed by atoms with E-state index in [1.807, 2.05) is 20.8 Å². The molecule has 3 N–H and O–H groups in total. The number of amides is 1. The van der Waals surface area contributed by atoms with E-state index < -0.39 is 0 Å². The number of aromatic nitrogens is 2. The summed E-state index contributed by atoms with van der Waals surface area (Å²) >= 11 is 0. The smallest absolute Gasteiger partial charge is 0.256 e. The van der Waals surface area contributed by atoms with Gasteiger partial charge >= 0.3 is 0 Å². The van der Waals surface area contributed by atoms with Crippen molar-refractivity contribution in [3.8, 4) is 0 Å². The van der Waals surface area contributed by atoms with Crippen molar-refractivity contribution in [1.29, 1.82) is 0 Å². The highest BCUT2D eigenvalue weighted by Crippen LogP contribution is 2.09. The number of hydrogen-bond donors (Lipinski definition) is 2. The van der Waals surface area contributed by atoms with Crippen molar-refractivity contribution in [2.45, 2.75) is 39.8 Å². The average molecular weight is 210 g/mol. The summed E-state index contributed by atoms with van der Waals surface area (Å²) < 4.78 is 1.65. The summed E-state index contributed by atoms with van der Waals surface area (Å²) in [7, 11) is 0. The molecule has 0 aromatic carbocycles. The summed E-state index contributed by atoms with van der Waals surface area (Å²) in [5.74, 6) is 0.138. The average Bonchev–Trinajstić information content (AvgIpc) is 2.59. The Hall–Kier alpha value is -1.52. The largest absolute Gasteiger partial charge is 0.382 e. The van der Waals surface area contributed by atoms with Gasteiger partial charge in [0.05, 0.1) is 0 Å². The van der Waals surface area contributed by atoms with Gasteiger partial charge < -0.3 is 11.1 Å². The van der Waals surface area contributed by atoms with Gasteiger partial charge in [-0.3, -0.25) is 9.48 Å². The zero-order valence-corrected chi connectivity index (χ0v) is 9.45. The van der Waals surface area contributed by atoms with E-state index in [1.165, 1.54) is 0 Å². The molecule has 0 bridgehead atoms. The molecule has 1 aromatic heterocycles. The Morgan fingerprint density at radius 2 is 2.33 bits per heavy atom. The number of anilines is 1. The molecule has 1 unspecified atom stereocenters. The Bertz CT molecular complexity index is 345. The lowest BCUT2D eigenvalue weighted by Gasteiger charge is -2.09. The van der Waals surface area contributed by atoms with Gasteiger partial charge in [0.2, 0.25) is 0 Å². The van der Waals surface area contributed by atoms with Crippen molar-refractivity contribution < 1.29 is 4.79 Å². The van der Waals surface area contributed by atoms with Gasteiger partial charge in [-0.15, -0.1) is 0 Å². The van der Waals surface area contributed by atoms with Gasteiger partial charge in [0.15, 0.2) is 5.82 Å². The van der Waals surface area contributed by atoms with Crippen LogP contribution in [0.25, 0.3) is 0 Å². The minimum absolute atomic E-state index is 0.151. The second-order valence-electron chi connectivity index (χ2n) is 3.57. The molecule has 0 fully saturated rings. The predicted molar refractivity (Wildman–Crippen MR) is 59.5 cm³/mol. The van der Waals surface area contributed by atoms with Crippen LogP contribution in [0, 0.1) is 0 Å². The lowest BCUT2D eigenvalue weighted by Crippen LogP contribution is -2.32. The van der Waals surface area contributed by atoms with Crippen LogP contribution in [-0.4, -0.2) is 21.7 Å². The van der Waals surface area contributed by atoms with Crippen molar-refractivity contribution in [3.05, 3.63) is 11.8 Å². The first-order valence-corrected chi connectivity index (χ1v) is 5.22. The Kier molecular flexibility index (Phi) is 3.71. The molecule has 84 valence electrons. The molecule has 0 saturated heterocycles. The molecule has 5 heteroatoms. The third-order valence-electron chi connectivity index (χ3n) is 2.35. The molecular formula is C10H18N4O. The van der Waals surface area contributed by atoms with Crippen LogP contribution in [0.2, 0.25) is 0 Å². The monoisotopic (exact) mass is 210 g/mol. The van der Waals surface area contributed by atoms with Crippen LogP contribution >= 0.6 is 0 Å². The Balaban J connectivity index is 2.77. The second-order valence-corrected chi connectivity index (χ2v) is 3.57. The molecule has 1 amide bonds. The first-order chi connectivity index (χ1) is 7.08. The molecule has 1 heterocycles. The Morgan fingerprint density at radius 3 is 2.80 bits per heavy atom. The minimum Gasteiger partial charge on any atom is -0.382 e. The van der Waals surface area contributed by atoms with Crippen molar-refractivity contribution in [2.24, 2.45) is 0 Å². The van der Waals surface area contributed by atoms with E-state index in [2.05, 4.69) is 10.4 Å². The number of aryl methyl sites for hydroxylation is 1. The Labute approximate surface area is 89.6 Å². The van der Waals surface area contributed by atoms with Crippen LogP contribution in [0.4, 0.5) is 5.82 Å². The number of rotatable bonds is 4. The predicted octanol–water partition coefficient (Wildman–Crippen LogP) is 1.01. The van der Waals surface area contributed by atoms with Crippen LogP contribution in [0.3, 0.4) is 0 Å². The van der Waals surface area contributed by atoms with Crippen LogP contribution < -0.4 is 11.1 Å². The molecule has 0 saturated carbocycles. The molecule has 0 spiro atoms. The lowest BCUT2D eigenvalue weighted by molar-refractivity contribution is 0.0940. The summed E-state index contributed by atoms with van der Waals surface area (Å²) in [6.07, 6.45) is 2.57. The molecular weight excluding hydrogens is 192 g/mol. The molecule has 1 aromatic rings.